The predicted molar refractivity (Wildman–Crippen MR) is 69.2 cm³/mol. The van der Waals surface area contributed by atoms with Gasteiger partial charge in [0, 0.05) is 6.54 Å². The van der Waals surface area contributed by atoms with Crippen LogP contribution in [0.2, 0.25) is 0 Å². The van der Waals surface area contributed by atoms with E-state index in [1.54, 1.807) is 12.1 Å². The van der Waals surface area contributed by atoms with E-state index in [-0.39, 0.29) is 24.2 Å². The lowest BCUT2D eigenvalue weighted by Crippen LogP contribution is -2.34. The standard InChI is InChI=1S/C14H18FNO3/c1-3-12(10-4-6-11(15)7-5-10)13(17)16-8-9(2)14(18)19/h4-7,9,12H,3,8H2,1-2H3,(H,16,17)(H,18,19). The number of hydrogen-bond acceptors (Lipinski definition) is 2. The van der Waals surface area contributed by atoms with E-state index in [2.05, 4.69) is 5.32 Å². The van der Waals surface area contributed by atoms with E-state index < -0.39 is 11.9 Å². The van der Waals surface area contributed by atoms with Crippen molar-refractivity contribution in [2.45, 2.75) is 26.2 Å². The monoisotopic (exact) mass is 267 g/mol. The van der Waals surface area contributed by atoms with Gasteiger partial charge >= 0.3 is 5.97 Å². The number of carboxylic acids is 1. The van der Waals surface area contributed by atoms with Crippen molar-refractivity contribution in [1.82, 2.24) is 5.32 Å². The molecule has 0 radical (unpaired) electrons. The van der Waals surface area contributed by atoms with Gasteiger partial charge in [-0.2, -0.15) is 0 Å². The lowest BCUT2D eigenvalue weighted by atomic mass is 9.95. The van der Waals surface area contributed by atoms with Crippen molar-refractivity contribution in [3.05, 3.63) is 35.6 Å². The Kier molecular flexibility index (Phi) is 5.48. The average Bonchev–Trinajstić information content (AvgIpc) is 2.38. The molecule has 1 rings (SSSR count). The van der Waals surface area contributed by atoms with Gasteiger partial charge in [-0.15, -0.1) is 0 Å². The zero-order valence-electron chi connectivity index (χ0n) is 11.0. The molecule has 0 aromatic heterocycles. The molecule has 0 spiro atoms. The molecule has 19 heavy (non-hydrogen) atoms. The molecule has 2 unspecified atom stereocenters. The minimum Gasteiger partial charge on any atom is -0.481 e. The highest BCUT2D eigenvalue weighted by Crippen LogP contribution is 2.20. The molecule has 0 heterocycles. The molecule has 0 bridgehead atoms. The number of nitrogens with one attached hydrogen (secondary N) is 1. The molecule has 0 aliphatic heterocycles. The van der Waals surface area contributed by atoms with Gasteiger partial charge in [-0.05, 0) is 24.1 Å². The van der Waals surface area contributed by atoms with Crippen LogP contribution in [0.4, 0.5) is 4.39 Å². The summed E-state index contributed by atoms with van der Waals surface area (Å²) in [4.78, 5) is 22.7. The van der Waals surface area contributed by atoms with Crippen LogP contribution in [-0.4, -0.2) is 23.5 Å². The number of halogens is 1. The maximum atomic E-state index is 12.8. The minimum atomic E-state index is -0.949. The van der Waals surface area contributed by atoms with Crippen LogP contribution in [0.1, 0.15) is 31.7 Å². The molecule has 2 N–H and O–H groups in total. The van der Waals surface area contributed by atoms with Gasteiger partial charge in [0.15, 0.2) is 0 Å². The van der Waals surface area contributed by atoms with E-state index in [0.717, 1.165) is 5.56 Å². The van der Waals surface area contributed by atoms with Crippen LogP contribution in [0.3, 0.4) is 0 Å². The molecular weight excluding hydrogens is 249 g/mol. The number of rotatable bonds is 6. The third kappa shape index (κ3) is 4.35. The average molecular weight is 267 g/mol. The van der Waals surface area contributed by atoms with Gasteiger partial charge in [-0.25, -0.2) is 4.39 Å². The highest BCUT2D eigenvalue weighted by Gasteiger charge is 2.20. The first-order chi connectivity index (χ1) is 8.95. The zero-order valence-corrected chi connectivity index (χ0v) is 11.0. The van der Waals surface area contributed by atoms with Crippen molar-refractivity contribution in [2.75, 3.05) is 6.54 Å². The lowest BCUT2D eigenvalue weighted by molar-refractivity contribution is -0.141. The normalized spacial score (nSPS) is 13.6. The van der Waals surface area contributed by atoms with Crippen LogP contribution in [-0.2, 0) is 9.59 Å². The molecule has 104 valence electrons. The number of aliphatic carboxylic acids is 1. The van der Waals surface area contributed by atoms with E-state index in [1.165, 1.54) is 19.1 Å². The number of amides is 1. The number of carbonyl (C=O) groups excluding carboxylic acids is 1. The quantitative estimate of drug-likeness (QED) is 0.830. The van der Waals surface area contributed by atoms with Crippen molar-refractivity contribution >= 4 is 11.9 Å². The highest BCUT2D eigenvalue weighted by molar-refractivity contribution is 5.84. The molecule has 4 nitrogen and oxygen atoms in total. The molecule has 2 atom stereocenters. The van der Waals surface area contributed by atoms with Gasteiger partial charge in [0.25, 0.3) is 0 Å². The Morgan fingerprint density at radius 1 is 1.32 bits per heavy atom. The molecule has 0 aliphatic rings. The van der Waals surface area contributed by atoms with Gasteiger partial charge in [-0.3, -0.25) is 9.59 Å². The summed E-state index contributed by atoms with van der Waals surface area (Å²) >= 11 is 0. The first-order valence-electron chi connectivity index (χ1n) is 6.21. The molecule has 1 aromatic rings. The molecule has 1 amide bonds. The minimum absolute atomic E-state index is 0.0891. The zero-order chi connectivity index (χ0) is 14.4. The molecule has 0 saturated carbocycles. The fourth-order valence-electron chi connectivity index (χ4n) is 1.73. The Hall–Kier alpha value is -1.91. The second kappa shape index (κ2) is 6.87. The first-order valence-corrected chi connectivity index (χ1v) is 6.21. The lowest BCUT2D eigenvalue weighted by Gasteiger charge is -2.16. The Balaban J connectivity index is 2.67. The van der Waals surface area contributed by atoms with Crippen LogP contribution in [0, 0.1) is 11.7 Å². The Bertz CT molecular complexity index is 445. The summed E-state index contributed by atoms with van der Waals surface area (Å²) in [7, 11) is 0. The smallest absolute Gasteiger partial charge is 0.308 e. The largest absolute Gasteiger partial charge is 0.481 e. The molecule has 0 saturated heterocycles. The van der Waals surface area contributed by atoms with Gasteiger partial charge in [0.2, 0.25) is 5.91 Å². The van der Waals surface area contributed by atoms with Crippen molar-refractivity contribution in [1.29, 1.82) is 0 Å². The predicted octanol–water partition coefficient (Wildman–Crippen LogP) is 2.16. The number of hydrogen-bond donors (Lipinski definition) is 2. The highest BCUT2D eigenvalue weighted by atomic mass is 19.1. The first kappa shape index (κ1) is 15.1. The summed E-state index contributed by atoms with van der Waals surface area (Å²) in [6, 6.07) is 5.77. The van der Waals surface area contributed by atoms with E-state index >= 15 is 0 Å². The summed E-state index contributed by atoms with van der Waals surface area (Å²) in [6.07, 6.45) is 0.568. The second-order valence-corrected chi connectivity index (χ2v) is 4.50. The molecule has 0 fully saturated rings. The molecule has 1 aromatic carbocycles. The Morgan fingerprint density at radius 3 is 2.37 bits per heavy atom. The summed E-state index contributed by atoms with van der Waals surface area (Å²) in [6.45, 7) is 3.47. The maximum absolute atomic E-state index is 12.8. The maximum Gasteiger partial charge on any atom is 0.308 e. The summed E-state index contributed by atoms with van der Waals surface area (Å²) in [5.41, 5.74) is 0.726. The van der Waals surface area contributed by atoms with Crippen LogP contribution < -0.4 is 5.32 Å². The molecular formula is C14H18FNO3. The Labute approximate surface area is 111 Å². The third-order valence-corrected chi connectivity index (χ3v) is 3.00. The molecule has 5 heteroatoms. The topological polar surface area (TPSA) is 66.4 Å². The second-order valence-electron chi connectivity index (χ2n) is 4.50. The van der Waals surface area contributed by atoms with Crippen LogP contribution in [0.25, 0.3) is 0 Å². The Morgan fingerprint density at radius 2 is 1.89 bits per heavy atom. The molecule has 0 aliphatic carbocycles. The van der Waals surface area contributed by atoms with Crippen LogP contribution in [0.15, 0.2) is 24.3 Å². The summed E-state index contributed by atoms with van der Waals surface area (Å²) < 4.78 is 12.8. The number of benzene rings is 1. The van der Waals surface area contributed by atoms with Crippen molar-refractivity contribution in [2.24, 2.45) is 5.92 Å². The van der Waals surface area contributed by atoms with Gasteiger partial charge in [0.1, 0.15) is 5.82 Å². The van der Waals surface area contributed by atoms with Gasteiger partial charge in [-0.1, -0.05) is 26.0 Å². The van der Waals surface area contributed by atoms with Crippen molar-refractivity contribution in [3.63, 3.8) is 0 Å². The third-order valence-electron chi connectivity index (χ3n) is 3.00. The van der Waals surface area contributed by atoms with E-state index in [0.29, 0.717) is 6.42 Å². The SMILES string of the molecule is CCC(C(=O)NCC(C)C(=O)O)c1ccc(F)cc1. The fourth-order valence-corrected chi connectivity index (χ4v) is 1.73. The van der Waals surface area contributed by atoms with Crippen LogP contribution in [0.5, 0.6) is 0 Å². The summed E-state index contributed by atoms with van der Waals surface area (Å²) in [5.74, 6) is -2.55. The van der Waals surface area contributed by atoms with Crippen molar-refractivity contribution < 1.29 is 19.1 Å². The number of carbonyl (C=O) groups is 2. The number of carboxylic acid groups (broad SMARTS) is 1. The van der Waals surface area contributed by atoms with Gasteiger partial charge < -0.3 is 10.4 Å². The fraction of sp³-hybridized carbons (Fsp3) is 0.429. The van der Waals surface area contributed by atoms with Crippen molar-refractivity contribution in [3.8, 4) is 0 Å². The van der Waals surface area contributed by atoms with E-state index in [9.17, 15) is 14.0 Å². The van der Waals surface area contributed by atoms with Gasteiger partial charge in [0.05, 0.1) is 11.8 Å². The van der Waals surface area contributed by atoms with E-state index in [4.69, 9.17) is 5.11 Å². The van der Waals surface area contributed by atoms with Crippen LogP contribution >= 0.6 is 0 Å². The van der Waals surface area contributed by atoms with E-state index in [1.807, 2.05) is 6.92 Å². The summed E-state index contributed by atoms with van der Waals surface area (Å²) in [5, 5.41) is 11.4.